The molecule has 0 aromatic heterocycles. The van der Waals surface area contributed by atoms with Crippen LogP contribution in [0.15, 0.2) is 30.3 Å². The van der Waals surface area contributed by atoms with Crippen molar-refractivity contribution in [3.8, 4) is 0 Å². The summed E-state index contributed by atoms with van der Waals surface area (Å²) in [4.78, 5) is 0. The summed E-state index contributed by atoms with van der Waals surface area (Å²) < 4.78 is 4.93. The molecule has 1 aromatic rings. The van der Waals surface area contributed by atoms with E-state index in [0.29, 0.717) is 11.7 Å². The molecule has 0 atom stereocenters. The van der Waals surface area contributed by atoms with Gasteiger partial charge in [-0.3, -0.25) is 0 Å². The zero-order valence-electron chi connectivity index (χ0n) is 10.6. The Labute approximate surface area is 119 Å². The van der Waals surface area contributed by atoms with Crippen LogP contribution in [0.5, 0.6) is 0 Å². The maximum absolute atomic E-state index is 5.12. The molecule has 0 saturated carbocycles. The standard InChI is InChI=1S/C13H20N2OS2/c1-16-9-7-14-13(17)15-8-10-18-11-12-5-3-2-4-6-12/h2-6H,7-11H2,1H3,(H2,14,15,17). The van der Waals surface area contributed by atoms with Crippen LogP contribution in [-0.4, -0.2) is 37.7 Å². The summed E-state index contributed by atoms with van der Waals surface area (Å²) in [6.45, 7) is 2.31. The molecule has 100 valence electrons. The van der Waals surface area contributed by atoms with Crippen LogP contribution in [0.2, 0.25) is 0 Å². The second-order valence-electron chi connectivity index (χ2n) is 3.71. The molecule has 0 saturated heterocycles. The van der Waals surface area contributed by atoms with Crippen molar-refractivity contribution in [1.29, 1.82) is 0 Å². The fraction of sp³-hybridized carbons (Fsp3) is 0.462. The van der Waals surface area contributed by atoms with E-state index in [9.17, 15) is 0 Å². The van der Waals surface area contributed by atoms with Crippen LogP contribution >= 0.6 is 24.0 Å². The van der Waals surface area contributed by atoms with Gasteiger partial charge in [-0.25, -0.2) is 0 Å². The van der Waals surface area contributed by atoms with Crippen molar-refractivity contribution in [2.75, 3.05) is 32.6 Å². The quantitative estimate of drug-likeness (QED) is 0.564. The van der Waals surface area contributed by atoms with Crippen molar-refractivity contribution in [3.05, 3.63) is 35.9 Å². The summed E-state index contributed by atoms with van der Waals surface area (Å²) >= 11 is 7.03. The zero-order chi connectivity index (χ0) is 13.1. The van der Waals surface area contributed by atoms with Crippen LogP contribution in [0.4, 0.5) is 0 Å². The lowest BCUT2D eigenvalue weighted by molar-refractivity contribution is 0.204. The third kappa shape index (κ3) is 7.53. The first kappa shape index (κ1) is 15.3. The average Bonchev–Trinajstić information content (AvgIpc) is 2.40. The normalized spacial score (nSPS) is 10.1. The van der Waals surface area contributed by atoms with E-state index >= 15 is 0 Å². The summed E-state index contributed by atoms with van der Waals surface area (Å²) in [6.07, 6.45) is 0. The van der Waals surface area contributed by atoms with E-state index in [2.05, 4.69) is 34.9 Å². The average molecular weight is 284 g/mol. The van der Waals surface area contributed by atoms with Gasteiger partial charge in [0, 0.05) is 31.7 Å². The third-order valence-corrected chi connectivity index (χ3v) is 3.55. The van der Waals surface area contributed by atoms with Gasteiger partial charge in [-0.15, -0.1) is 0 Å². The van der Waals surface area contributed by atoms with E-state index in [0.717, 1.165) is 24.6 Å². The number of methoxy groups -OCH3 is 1. The van der Waals surface area contributed by atoms with Gasteiger partial charge in [0.05, 0.1) is 6.61 Å². The minimum atomic E-state index is 0.671. The van der Waals surface area contributed by atoms with Gasteiger partial charge in [-0.2, -0.15) is 11.8 Å². The van der Waals surface area contributed by atoms with Crippen LogP contribution in [0.3, 0.4) is 0 Å². The highest BCUT2D eigenvalue weighted by Gasteiger charge is 1.95. The Bertz CT molecular complexity index is 333. The van der Waals surface area contributed by atoms with E-state index in [1.54, 1.807) is 7.11 Å². The van der Waals surface area contributed by atoms with Crippen molar-refractivity contribution in [2.24, 2.45) is 0 Å². The first-order valence-corrected chi connectivity index (χ1v) is 7.51. The van der Waals surface area contributed by atoms with Crippen LogP contribution < -0.4 is 10.6 Å². The van der Waals surface area contributed by atoms with Crippen LogP contribution in [0.25, 0.3) is 0 Å². The molecular formula is C13H20N2OS2. The number of thioether (sulfide) groups is 1. The van der Waals surface area contributed by atoms with Gasteiger partial charge in [0.15, 0.2) is 5.11 Å². The number of thiocarbonyl (C=S) groups is 1. The predicted molar refractivity (Wildman–Crippen MR) is 83.1 cm³/mol. The topological polar surface area (TPSA) is 33.3 Å². The highest BCUT2D eigenvalue weighted by Crippen LogP contribution is 2.10. The first-order chi connectivity index (χ1) is 8.83. The highest BCUT2D eigenvalue weighted by atomic mass is 32.2. The molecule has 0 aliphatic carbocycles. The SMILES string of the molecule is COCCNC(=S)NCCSCc1ccccc1. The molecule has 0 heterocycles. The van der Waals surface area contributed by atoms with E-state index in [4.69, 9.17) is 17.0 Å². The minimum Gasteiger partial charge on any atom is -0.383 e. The lowest BCUT2D eigenvalue weighted by atomic mass is 10.2. The predicted octanol–water partition coefficient (Wildman–Crippen LogP) is 2.03. The molecule has 3 nitrogen and oxygen atoms in total. The molecule has 1 rings (SSSR count). The molecule has 18 heavy (non-hydrogen) atoms. The van der Waals surface area contributed by atoms with Crippen molar-refractivity contribution in [1.82, 2.24) is 10.6 Å². The number of rotatable bonds is 8. The molecule has 0 unspecified atom stereocenters. The molecule has 0 fully saturated rings. The van der Waals surface area contributed by atoms with E-state index in [-0.39, 0.29) is 0 Å². The van der Waals surface area contributed by atoms with Gasteiger partial charge in [0.1, 0.15) is 0 Å². The zero-order valence-corrected chi connectivity index (χ0v) is 12.3. The van der Waals surface area contributed by atoms with E-state index in [1.165, 1.54) is 5.56 Å². The second-order valence-corrected chi connectivity index (χ2v) is 5.23. The third-order valence-electron chi connectivity index (χ3n) is 2.24. The molecule has 0 amide bonds. The van der Waals surface area contributed by atoms with Gasteiger partial charge in [-0.05, 0) is 17.8 Å². The van der Waals surface area contributed by atoms with Gasteiger partial charge in [0.25, 0.3) is 0 Å². The van der Waals surface area contributed by atoms with Crippen LogP contribution in [-0.2, 0) is 10.5 Å². The van der Waals surface area contributed by atoms with Crippen LogP contribution in [0, 0.1) is 0 Å². The molecule has 0 radical (unpaired) electrons. The summed E-state index contributed by atoms with van der Waals surface area (Å²) in [5.41, 5.74) is 1.36. The first-order valence-electron chi connectivity index (χ1n) is 5.95. The second kappa shape index (κ2) is 10.2. The highest BCUT2D eigenvalue weighted by molar-refractivity contribution is 7.98. The van der Waals surface area contributed by atoms with Gasteiger partial charge in [-0.1, -0.05) is 30.3 Å². The monoisotopic (exact) mass is 284 g/mol. The smallest absolute Gasteiger partial charge is 0.166 e. The Morgan fingerprint density at radius 3 is 2.67 bits per heavy atom. The maximum Gasteiger partial charge on any atom is 0.166 e. The molecule has 1 aromatic carbocycles. The number of ether oxygens (including phenoxy) is 1. The summed E-state index contributed by atoms with van der Waals surface area (Å²) in [5.74, 6) is 2.09. The Balaban J connectivity index is 1.97. The van der Waals surface area contributed by atoms with E-state index in [1.807, 2.05) is 17.8 Å². The summed E-state index contributed by atoms with van der Waals surface area (Å²) in [5, 5.41) is 6.95. The number of hydrogen-bond donors (Lipinski definition) is 2. The Morgan fingerprint density at radius 2 is 1.94 bits per heavy atom. The molecule has 0 aliphatic rings. The molecular weight excluding hydrogens is 264 g/mol. The van der Waals surface area contributed by atoms with Crippen molar-refractivity contribution < 1.29 is 4.74 Å². The van der Waals surface area contributed by atoms with E-state index < -0.39 is 0 Å². The number of benzene rings is 1. The van der Waals surface area contributed by atoms with Gasteiger partial charge < -0.3 is 15.4 Å². The Morgan fingerprint density at radius 1 is 1.22 bits per heavy atom. The minimum absolute atomic E-state index is 0.671. The lowest BCUT2D eigenvalue weighted by Gasteiger charge is -2.09. The molecule has 0 bridgehead atoms. The summed E-state index contributed by atoms with van der Waals surface area (Å²) in [7, 11) is 1.68. The molecule has 0 spiro atoms. The summed E-state index contributed by atoms with van der Waals surface area (Å²) in [6, 6.07) is 10.5. The molecule has 2 N–H and O–H groups in total. The van der Waals surface area contributed by atoms with Crippen molar-refractivity contribution in [3.63, 3.8) is 0 Å². The number of hydrogen-bond acceptors (Lipinski definition) is 3. The fourth-order valence-corrected chi connectivity index (χ4v) is 2.35. The largest absolute Gasteiger partial charge is 0.383 e. The van der Waals surface area contributed by atoms with Gasteiger partial charge in [0.2, 0.25) is 0 Å². The Hall–Kier alpha value is -0.780. The van der Waals surface area contributed by atoms with Crippen molar-refractivity contribution >= 4 is 29.1 Å². The fourth-order valence-electron chi connectivity index (χ4n) is 1.33. The van der Waals surface area contributed by atoms with Crippen molar-refractivity contribution in [2.45, 2.75) is 5.75 Å². The maximum atomic E-state index is 5.12. The molecule has 0 aliphatic heterocycles. The number of nitrogens with one attached hydrogen (secondary N) is 2. The van der Waals surface area contributed by atoms with Crippen LogP contribution in [0.1, 0.15) is 5.56 Å². The van der Waals surface area contributed by atoms with Gasteiger partial charge >= 0.3 is 0 Å². The lowest BCUT2D eigenvalue weighted by Crippen LogP contribution is -2.38. The molecule has 5 heteroatoms. The Kier molecular flexibility index (Phi) is 8.63.